The smallest absolute Gasteiger partial charge is 0.407 e. The van der Waals surface area contributed by atoms with Crippen LogP contribution in [0.4, 0.5) is 4.79 Å². The highest BCUT2D eigenvalue weighted by molar-refractivity contribution is 5.90. The minimum Gasteiger partial charge on any atom is -0.491 e. The predicted molar refractivity (Wildman–Crippen MR) is 72.7 cm³/mol. The van der Waals surface area contributed by atoms with E-state index in [2.05, 4.69) is 0 Å². The van der Waals surface area contributed by atoms with Crippen LogP contribution < -0.4 is 10.5 Å². The lowest BCUT2D eigenvalue weighted by Crippen LogP contribution is -2.30. The zero-order valence-corrected chi connectivity index (χ0v) is 11.3. The highest BCUT2D eigenvalue weighted by Crippen LogP contribution is 2.50. The number of likely N-dealkylation sites (N-methyl/N-ethyl adjacent to an activating group) is 1. The molecule has 0 atom stereocenters. The second kappa shape index (κ2) is 5.40. The lowest BCUT2D eigenvalue weighted by atomic mass is 9.94. The van der Waals surface area contributed by atoms with E-state index >= 15 is 0 Å². The highest BCUT2D eigenvalue weighted by Gasteiger charge is 2.51. The average molecular weight is 278 g/mol. The zero-order valence-electron chi connectivity index (χ0n) is 11.3. The first kappa shape index (κ1) is 14.2. The summed E-state index contributed by atoms with van der Waals surface area (Å²) >= 11 is 0. The molecule has 0 saturated heterocycles. The molecule has 1 aromatic carbocycles. The molecule has 0 bridgehead atoms. The minimum atomic E-state index is -1.00. The summed E-state index contributed by atoms with van der Waals surface area (Å²) in [5.41, 5.74) is 5.66. The van der Waals surface area contributed by atoms with Crippen molar-refractivity contribution in [1.82, 2.24) is 4.90 Å². The molecule has 3 N–H and O–H groups in total. The van der Waals surface area contributed by atoms with Gasteiger partial charge in [0.15, 0.2) is 0 Å². The number of nitrogens with zero attached hydrogens (tertiary/aromatic N) is 1. The predicted octanol–water partition coefficient (Wildman–Crippen LogP) is 1.19. The first-order chi connectivity index (χ1) is 9.47. The van der Waals surface area contributed by atoms with Crippen LogP contribution in [0.5, 0.6) is 5.75 Å². The quantitative estimate of drug-likeness (QED) is 0.817. The van der Waals surface area contributed by atoms with Crippen LogP contribution in [0.15, 0.2) is 24.3 Å². The van der Waals surface area contributed by atoms with Gasteiger partial charge in [-0.05, 0) is 18.9 Å². The number of nitrogens with two attached hydrogens (primary N) is 1. The van der Waals surface area contributed by atoms with Gasteiger partial charge >= 0.3 is 6.09 Å². The lowest BCUT2D eigenvalue weighted by molar-refractivity contribution is -0.120. The van der Waals surface area contributed by atoms with Crippen LogP contribution in [-0.4, -0.2) is 42.2 Å². The molecule has 0 radical (unpaired) electrons. The molecule has 1 aliphatic carbocycles. The van der Waals surface area contributed by atoms with Crippen molar-refractivity contribution in [3.63, 3.8) is 0 Å². The molecule has 2 amide bonds. The van der Waals surface area contributed by atoms with Gasteiger partial charge in [-0.15, -0.1) is 0 Å². The third-order valence-corrected chi connectivity index (χ3v) is 3.64. The van der Waals surface area contributed by atoms with Gasteiger partial charge in [-0.1, -0.05) is 18.2 Å². The van der Waals surface area contributed by atoms with Crippen LogP contribution in [0.1, 0.15) is 18.4 Å². The van der Waals surface area contributed by atoms with Crippen LogP contribution in [0.2, 0.25) is 0 Å². The number of para-hydroxylation sites is 1. The lowest BCUT2D eigenvalue weighted by Gasteiger charge is -2.18. The fourth-order valence-electron chi connectivity index (χ4n) is 2.15. The molecule has 0 heterocycles. The van der Waals surface area contributed by atoms with E-state index in [1.165, 1.54) is 7.05 Å². The molecular weight excluding hydrogens is 260 g/mol. The number of hydrogen-bond donors (Lipinski definition) is 2. The molecule has 6 nitrogen and oxygen atoms in total. The van der Waals surface area contributed by atoms with E-state index in [0.717, 1.165) is 23.3 Å². The van der Waals surface area contributed by atoms with Gasteiger partial charge in [0.05, 0.1) is 12.0 Å². The molecule has 2 rings (SSSR count). The van der Waals surface area contributed by atoms with Crippen LogP contribution in [0.25, 0.3) is 0 Å². The van der Waals surface area contributed by atoms with Crippen molar-refractivity contribution in [1.29, 1.82) is 0 Å². The van der Waals surface area contributed by atoms with Crippen LogP contribution >= 0.6 is 0 Å². The summed E-state index contributed by atoms with van der Waals surface area (Å²) in [5.74, 6) is 0.263. The number of carbonyl (C=O) groups excluding carboxylic acids is 1. The summed E-state index contributed by atoms with van der Waals surface area (Å²) in [6.45, 7) is 0.488. The maximum absolute atomic E-state index is 11.6. The third kappa shape index (κ3) is 2.68. The number of carboxylic acid groups (broad SMARTS) is 1. The van der Waals surface area contributed by atoms with E-state index in [-0.39, 0.29) is 19.1 Å². The molecule has 1 aromatic rings. The van der Waals surface area contributed by atoms with Gasteiger partial charge in [0.25, 0.3) is 0 Å². The van der Waals surface area contributed by atoms with Crippen LogP contribution in [0.3, 0.4) is 0 Å². The van der Waals surface area contributed by atoms with Crippen LogP contribution in [-0.2, 0) is 10.2 Å². The van der Waals surface area contributed by atoms with Gasteiger partial charge in [-0.3, -0.25) is 4.79 Å². The Morgan fingerprint density at radius 1 is 1.40 bits per heavy atom. The van der Waals surface area contributed by atoms with Crippen molar-refractivity contribution < 1.29 is 19.4 Å². The minimum absolute atomic E-state index is 0.231. The van der Waals surface area contributed by atoms with Gasteiger partial charge in [-0.2, -0.15) is 0 Å². The molecule has 0 aliphatic heterocycles. The molecule has 1 fully saturated rings. The second-order valence-corrected chi connectivity index (χ2v) is 5.00. The summed E-state index contributed by atoms with van der Waals surface area (Å²) in [6, 6.07) is 7.28. The average Bonchev–Trinajstić information content (AvgIpc) is 3.20. The summed E-state index contributed by atoms with van der Waals surface area (Å²) in [6.07, 6.45) is 0.466. The molecule has 0 spiro atoms. The Morgan fingerprint density at radius 2 is 2.05 bits per heavy atom. The van der Waals surface area contributed by atoms with E-state index in [0.29, 0.717) is 5.75 Å². The van der Waals surface area contributed by atoms with Crippen molar-refractivity contribution in [3.05, 3.63) is 29.8 Å². The van der Waals surface area contributed by atoms with Crippen LogP contribution in [0, 0.1) is 0 Å². The largest absolute Gasteiger partial charge is 0.491 e. The third-order valence-electron chi connectivity index (χ3n) is 3.64. The van der Waals surface area contributed by atoms with Crippen molar-refractivity contribution >= 4 is 12.0 Å². The number of amides is 2. The maximum atomic E-state index is 11.6. The van der Waals surface area contributed by atoms with Gasteiger partial charge < -0.3 is 20.5 Å². The van der Waals surface area contributed by atoms with E-state index in [1.807, 2.05) is 18.2 Å². The molecule has 1 aliphatic rings. The first-order valence-electron chi connectivity index (χ1n) is 6.43. The number of rotatable bonds is 6. The SMILES string of the molecule is CN(CCOc1ccccc1C1(C(N)=O)CC1)C(=O)O. The zero-order chi connectivity index (χ0) is 14.8. The topological polar surface area (TPSA) is 92.9 Å². The van der Waals surface area contributed by atoms with E-state index in [9.17, 15) is 9.59 Å². The molecule has 108 valence electrons. The Kier molecular flexibility index (Phi) is 3.83. The van der Waals surface area contributed by atoms with Crippen molar-refractivity contribution in [2.24, 2.45) is 5.73 Å². The number of hydrogen-bond acceptors (Lipinski definition) is 3. The molecule has 1 saturated carbocycles. The molecule has 6 heteroatoms. The molecule has 0 unspecified atom stereocenters. The molecule has 0 aromatic heterocycles. The first-order valence-corrected chi connectivity index (χ1v) is 6.43. The van der Waals surface area contributed by atoms with Gasteiger partial charge in [0.2, 0.25) is 5.91 Å². The monoisotopic (exact) mass is 278 g/mol. The Hall–Kier alpha value is -2.24. The Bertz CT molecular complexity index is 526. The fraction of sp³-hybridized carbons (Fsp3) is 0.429. The van der Waals surface area contributed by atoms with Gasteiger partial charge in [0.1, 0.15) is 12.4 Å². The summed E-state index contributed by atoms with van der Waals surface area (Å²) < 4.78 is 5.62. The van der Waals surface area contributed by atoms with Crippen molar-refractivity contribution in [3.8, 4) is 5.75 Å². The summed E-state index contributed by atoms with van der Waals surface area (Å²) in [4.78, 5) is 23.4. The van der Waals surface area contributed by atoms with Crippen molar-refractivity contribution in [2.45, 2.75) is 18.3 Å². The van der Waals surface area contributed by atoms with E-state index < -0.39 is 11.5 Å². The van der Waals surface area contributed by atoms with Crippen molar-refractivity contribution in [2.75, 3.05) is 20.2 Å². The normalized spacial score (nSPS) is 15.4. The molecular formula is C14H18N2O4. The maximum Gasteiger partial charge on any atom is 0.407 e. The number of benzene rings is 1. The number of carbonyl (C=O) groups is 2. The number of primary amides is 1. The fourth-order valence-corrected chi connectivity index (χ4v) is 2.15. The van der Waals surface area contributed by atoms with E-state index in [4.69, 9.17) is 15.6 Å². The Labute approximate surface area is 117 Å². The standard InChI is InChI=1S/C14H18N2O4/c1-16(13(18)19)8-9-20-11-5-3-2-4-10(11)14(6-7-14)12(15)17/h2-5H,6-9H2,1H3,(H2,15,17)(H,18,19). The highest BCUT2D eigenvalue weighted by atomic mass is 16.5. The van der Waals surface area contributed by atoms with Gasteiger partial charge in [-0.25, -0.2) is 4.79 Å². The summed E-state index contributed by atoms with van der Waals surface area (Å²) in [7, 11) is 1.48. The van der Waals surface area contributed by atoms with Gasteiger partial charge in [0, 0.05) is 12.6 Å². The van der Waals surface area contributed by atoms with E-state index in [1.54, 1.807) is 6.07 Å². The second-order valence-electron chi connectivity index (χ2n) is 5.00. The number of ether oxygens (including phenoxy) is 1. The molecule has 20 heavy (non-hydrogen) atoms. The summed E-state index contributed by atoms with van der Waals surface area (Å²) in [5, 5.41) is 8.76. The Balaban J connectivity index is 2.06. The Morgan fingerprint density at radius 3 is 2.60 bits per heavy atom.